The number of nitrogens with one attached hydrogen (secondary N) is 2. The highest BCUT2D eigenvalue weighted by molar-refractivity contribution is 7.90. The first-order valence-electron chi connectivity index (χ1n) is 5.61. The third-order valence-corrected chi connectivity index (χ3v) is 5.15. The van der Waals surface area contributed by atoms with Gasteiger partial charge in [0.2, 0.25) is 10.0 Å². The fourth-order valence-electron chi connectivity index (χ4n) is 1.99. The van der Waals surface area contributed by atoms with Crippen LogP contribution < -0.4 is 10.0 Å². The topological polar surface area (TPSA) is 78.4 Å². The second kappa shape index (κ2) is 5.54. The molecule has 1 saturated heterocycles. The molecule has 0 unspecified atom stereocenters. The zero-order valence-electron chi connectivity index (χ0n) is 9.60. The summed E-state index contributed by atoms with van der Waals surface area (Å²) in [4.78, 5) is 0. The van der Waals surface area contributed by atoms with E-state index in [2.05, 4.69) is 10.0 Å². The Hall–Kier alpha value is -0.0200. The van der Waals surface area contributed by atoms with Crippen LogP contribution >= 0.6 is 12.4 Å². The molecule has 0 spiro atoms. The van der Waals surface area contributed by atoms with Gasteiger partial charge in [0.15, 0.2) is 0 Å². The van der Waals surface area contributed by atoms with Crippen molar-refractivity contribution in [2.75, 3.05) is 13.2 Å². The quantitative estimate of drug-likeness (QED) is 0.660. The summed E-state index contributed by atoms with van der Waals surface area (Å²) in [6.45, 7) is -0.459. The summed E-state index contributed by atoms with van der Waals surface area (Å²) < 4.78 is 52.8. The SMILES string of the molecule is Cl.O=S(=O)(N[C@@H]1CN[C@H](CCO)C1(F)F)C1CC1. The second-order valence-electron chi connectivity index (χ2n) is 4.56. The Morgan fingerprint density at radius 1 is 1.39 bits per heavy atom. The van der Waals surface area contributed by atoms with Crippen molar-refractivity contribution in [1.29, 1.82) is 0 Å². The molecule has 0 aromatic heterocycles. The molecule has 5 nitrogen and oxygen atoms in total. The summed E-state index contributed by atoms with van der Waals surface area (Å²) in [5.74, 6) is -3.16. The minimum atomic E-state index is -3.61. The van der Waals surface area contributed by atoms with Crippen LogP contribution in [0.15, 0.2) is 0 Å². The molecule has 2 atom stereocenters. The Morgan fingerprint density at radius 3 is 2.50 bits per heavy atom. The van der Waals surface area contributed by atoms with Crippen LogP contribution in [-0.4, -0.2) is 49.9 Å². The van der Waals surface area contributed by atoms with E-state index in [9.17, 15) is 17.2 Å². The monoisotopic (exact) mass is 306 g/mol. The average Bonchev–Trinajstić information content (AvgIpc) is 3.01. The van der Waals surface area contributed by atoms with Crippen molar-refractivity contribution in [3.63, 3.8) is 0 Å². The molecule has 18 heavy (non-hydrogen) atoms. The molecule has 0 radical (unpaired) electrons. The first-order valence-corrected chi connectivity index (χ1v) is 7.15. The summed E-state index contributed by atoms with van der Waals surface area (Å²) >= 11 is 0. The zero-order chi connectivity index (χ0) is 12.7. The smallest absolute Gasteiger partial charge is 0.280 e. The van der Waals surface area contributed by atoms with Crippen molar-refractivity contribution < 1.29 is 22.3 Å². The van der Waals surface area contributed by atoms with Crippen LogP contribution in [0.2, 0.25) is 0 Å². The lowest BCUT2D eigenvalue weighted by molar-refractivity contribution is -0.0341. The van der Waals surface area contributed by atoms with Crippen LogP contribution in [-0.2, 0) is 10.0 Å². The van der Waals surface area contributed by atoms with E-state index in [4.69, 9.17) is 5.11 Å². The molecule has 9 heteroatoms. The first-order chi connectivity index (χ1) is 7.88. The Bertz CT molecular complexity index is 389. The molecule has 0 bridgehead atoms. The van der Waals surface area contributed by atoms with Gasteiger partial charge in [-0.1, -0.05) is 0 Å². The van der Waals surface area contributed by atoms with Crippen LogP contribution in [0.4, 0.5) is 8.78 Å². The fraction of sp³-hybridized carbons (Fsp3) is 1.00. The summed E-state index contributed by atoms with van der Waals surface area (Å²) in [6.07, 6.45) is 0.997. The minimum absolute atomic E-state index is 0. The third kappa shape index (κ3) is 3.11. The van der Waals surface area contributed by atoms with E-state index in [1.807, 2.05) is 0 Å². The molecule has 1 aliphatic heterocycles. The van der Waals surface area contributed by atoms with Gasteiger partial charge in [-0.05, 0) is 19.3 Å². The molecular weight excluding hydrogens is 290 g/mol. The lowest BCUT2D eigenvalue weighted by Gasteiger charge is -2.23. The molecule has 108 valence electrons. The van der Waals surface area contributed by atoms with Gasteiger partial charge in [-0.25, -0.2) is 21.9 Å². The molecule has 0 aromatic rings. The van der Waals surface area contributed by atoms with Crippen LogP contribution in [0.3, 0.4) is 0 Å². The molecular formula is C9H17ClF2N2O3S. The normalized spacial score (nSPS) is 31.1. The van der Waals surface area contributed by atoms with E-state index in [1.165, 1.54) is 0 Å². The standard InChI is InChI=1S/C9H16F2N2O3S.ClH/c10-9(11)7(3-4-14)12-5-8(9)13-17(15,16)6-1-2-6;/h6-8,12-14H,1-5H2;1H/t7-,8-;/m1./s1. The minimum Gasteiger partial charge on any atom is -0.396 e. The number of hydrogen-bond donors (Lipinski definition) is 3. The van der Waals surface area contributed by atoms with Crippen LogP contribution in [0.5, 0.6) is 0 Å². The third-order valence-electron chi connectivity index (χ3n) is 3.19. The van der Waals surface area contributed by atoms with Gasteiger partial charge < -0.3 is 10.4 Å². The zero-order valence-corrected chi connectivity index (χ0v) is 11.2. The molecule has 2 fully saturated rings. The van der Waals surface area contributed by atoms with Gasteiger partial charge in [-0.2, -0.15) is 0 Å². The van der Waals surface area contributed by atoms with Gasteiger partial charge in [0.25, 0.3) is 5.92 Å². The second-order valence-corrected chi connectivity index (χ2v) is 6.55. The fourth-order valence-corrected chi connectivity index (χ4v) is 3.58. The van der Waals surface area contributed by atoms with E-state index >= 15 is 0 Å². The highest BCUT2D eigenvalue weighted by Crippen LogP contribution is 2.33. The lowest BCUT2D eigenvalue weighted by atomic mass is 10.1. The predicted molar refractivity (Wildman–Crippen MR) is 64.6 cm³/mol. The van der Waals surface area contributed by atoms with Gasteiger partial charge in [0.05, 0.1) is 17.3 Å². The van der Waals surface area contributed by atoms with E-state index in [1.54, 1.807) is 0 Å². The highest BCUT2D eigenvalue weighted by Gasteiger charge is 2.54. The number of alkyl halides is 2. The van der Waals surface area contributed by atoms with Crippen LogP contribution in [0.1, 0.15) is 19.3 Å². The number of hydrogen-bond acceptors (Lipinski definition) is 4. The summed E-state index contributed by atoms with van der Waals surface area (Å²) in [5.41, 5.74) is 0. The maximum Gasteiger partial charge on any atom is 0.280 e. The predicted octanol–water partition coefficient (Wildman–Crippen LogP) is -0.152. The molecule has 1 heterocycles. The van der Waals surface area contributed by atoms with E-state index in [0.717, 1.165) is 0 Å². The first kappa shape index (κ1) is 16.0. The Labute approximate surface area is 111 Å². The van der Waals surface area contributed by atoms with Crippen molar-refractivity contribution in [3.05, 3.63) is 0 Å². The molecule has 2 aliphatic rings. The van der Waals surface area contributed by atoms with Crippen LogP contribution in [0, 0.1) is 0 Å². The summed E-state index contributed by atoms with van der Waals surface area (Å²) in [7, 11) is -3.61. The van der Waals surface area contributed by atoms with E-state index in [0.29, 0.717) is 12.8 Å². The van der Waals surface area contributed by atoms with Gasteiger partial charge >= 0.3 is 0 Å². The van der Waals surface area contributed by atoms with Crippen molar-refractivity contribution in [1.82, 2.24) is 10.0 Å². The van der Waals surface area contributed by atoms with Crippen molar-refractivity contribution >= 4 is 22.4 Å². The van der Waals surface area contributed by atoms with E-state index in [-0.39, 0.29) is 32.0 Å². The Kier molecular flexibility index (Phi) is 4.93. The molecule has 2 rings (SSSR count). The van der Waals surface area contributed by atoms with Gasteiger partial charge in [-0.15, -0.1) is 12.4 Å². The summed E-state index contributed by atoms with van der Waals surface area (Å²) in [5, 5.41) is 10.7. The lowest BCUT2D eigenvalue weighted by Crippen LogP contribution is -2.50. The molecule has 1 aliphatic carbocycles. The Balaban J connectivity index is 0.00000162. The maximum absolute atomic E-state index is 13.8. The number of halogens is 3. The maximum atomic E-state index is 13.8. The van der Waals surface area contributed by atoms with Crippen LogP contribution in [0.25, 0.3) is 0 Å². The molecule has 3 N–H and O–H groups in total. The molecule has 0 aromatic carbocycles. The number of rotatable bonds is 5. The largest absolute Gasteiger partial charge is 0.396 e. The van der Waals surface area contributed by atoms with Gasteiger partial charge in [0.1, 0.15) is 0 Å². The number of aliphatic hydroxyl groups excluding tert-OH is 1. The number of sulfonamides is 1. The molecule has 1 saturated carbocycles. The van der Waals surface area contributed by atoms with Gasteiger partial charge in [0, 0.05) is 13.2 Å². The van der Waals surface area contributed by atoms with E-state index < -0.39 is 33.3 Å². The Morgan fingerprint density at radius 2 is 2.00 bits per heavy atom. The van der Waals surface area contributed by atoms with Crippen molar-refractivity contribution in [2.24, 2.45) is 0 Å². The summed E-state index contributed by atoms with van der Waals surface area (Å²) in [6, 6.07) is -2.58. The average molecular weight is 307 g/mol. The van der Waals surface area contributed by atoms with Crippen molar-refractivity contribution in [3.8, 4) is 0 Å². The van der Waals surface area contributed by atoms with Crippen molar-refractivity contribution in [2.45, 2.75) is 42.5 Å². The molecule has 0 amide bonds. The number of aliphatic hydroxyl groups is 1. The van der Waals surface area contributed by atoms with Gasteiger partial charge in [-0.3, -0.25) is 0 Å². The highest BCUT2D eigenvalue weighted by atomic mass is 35.5.